The van der Waals surface area contributed by atoms with Crippen molar-refractivity contribution in [2.45, 2.75) is 13.0 Å². The first-order valence-corrected chi connectivity index (χ1v) is 3.20. The summed E-state index contributed by atoms with van der Waals surface area (Å²) in [7, 11) is 0. The van der Waals surface area contributed by atoms with Crippen LogP contribution < -0.4 is 0 Å². The molecule has 1 N–H and O–H groups in total. The normalized spacial score (nSPS) is 21.6. The average Bonchev–Trinajstić information content (AvgIpc) is 2.26. The number of imide groups is 1. The van der Waals surface area contributed by atoms with Crippen molar-refractivity contribution in [3.63, 3.8) is 0 Å². The van der Waals surface area contributed by atoms with Crippen molar-refractivity contribution in [1.29, 1.82) is 0 Å². The van der Waals surface area contributed by atoms with E-state index >= 15 is 0 Å². The third-order valence-corrected chi connectivity index (χ3v) is 1.49. The summed E-state index contributed by atoms with van der Waals surface area (Å²) >= 11 is 0. The van der Waals surface area contributed by atoms with Crippen LogP contribution in [0, 0.1) is 10.1 Å². The standard InChI is InChI=1S/C5H5N3O5/c1-2-3(8(12)13)4(9)7(6-2)5(10)11/h3H,1H3,(H,10,11). The van der Waals surface area contributed by atoms with Gasteiger partial charge in [-0.05, 0) is 6.92 Å². The maximum Gasteiger partial charge on any atom is 0.435 e. The molecule has 0 aromatic rings. The van der Waals surface area contributed by atoms with Gasteiger partial charge in [-0.1, -0.05) is 0 Å². The number of hydrazone groups is 1. The minimum absolute atomic E-state index is 0.0722. The molecule has 0 aromatic heterocycles. The summed E-state index contributed by atoms with van der Waals surface area (Å²) in [6.07, 6.45) is -1.62. The van der Waals surface area contributed by atoms with Crippen LogP contribution in [0.2, 0.25) is 0 Å². The van der Waals surface area contributed by atoms with Gasteiger partial charge in [0.1, 0.15) is 5.71 Å². The molecule has 2 amide bonds. The molecule has 13 heavy (non-hydrogen) atoms. The number of hydrogen-bond acceptors (Lipinski definition) is 5. The van der Waals surface area contributed by atoms with E-state index in [0.29, 0.717) is 0 Å². The molecule has 0 fully saturated rings. The van der Waals surface area contributed by atoms with Gasteiger partial charge in [0, 0.05) is 4.92 Å². The summed E-state index contributed by atoms with van der Waals surface area (Å²) in [5, 5.41) is 22.0. The molecule has 8 heteroatoms. The lowest BCUT2D eigenvalue weighted by atomic mass is 10.2. The first-order valence-electron chi connectivity index (χ1n) is 3.20. The van der Waals surface area contributed by atoms with Gasteiger partial charge in [-0.3, -0.25) is 14.9 Å². The molecule has 1 aliphatic heterocycles. The lowest BCUT2D eigenvalue weighted by Gasteiger charge is -2.02. The molecule has 1 atom stereocenters. The number of amides is 2. The Bertz CT molecular complexity index is 322. The van der Waals surface area contributed by atoms with Gasteiger partial charge in [0.2, 0.25) is 0 Å². The van der Waals surface area contributed by atoms with E-state index in [4.69, 9.17) is 5.11 Å². The van der Waals surface area contributed by atoms with Gasteiger partial charge in [-0.25, -0.2) is 4.79 Å². The number of hydrogen-bond donors (Lipinski definition) is 1. The van der Waals surface area contributed by atoms with E-state index in [2.05, 4.69) is 5.10 Å². The third-order valence-electron chi connectivity index (χ3n) is 1.49. The summed E-state index contributed by atoms with van der Waals surface area (Å²) in [4.78, 5) is 30.7. The lowest BCUT2D eigenvalue weighted by molar-refractivity contribution is -0.488. The number of rotatable bonds is 1. The zero-order chi connectivity index (χ0) is 10.2. The van der Waals surface area contributed by atoms with Gasteiger partial charge >= 0.3 is 18.0 Å². The Morgan fingerprint density at radius 3 is 2.54 bits per heavy atom. The van der Waals surface area contributed by atoms with E-state index in [9.17, 15) is 19.7 Å². The van der Waals surface area contributed by atoms with Crippen molar-refractivity contribution in [3.05, 3.63) is 10.1 Å². The van der Waals surface area contributed by atoms with Gasteiger partial charge in [0.15, 0.2) is 0 Å². The molecule has 1 heterocycles. The minimum atomic E-state index is -1.66. The highest BCUT2D eigenvalue weighted by Gasteiger charge is 2.45. The van der Waals surface area contributed by atoms with Crippen LogP contribution in [0.3, 0.4) is 0 Å². The Morgan fingerprint density at radius 2 is 2.31 bits per heavy atom. The maximum absolute atomic E-state index is 11.0. The molecule has 0 bridgehead atoms. The van der Waals surface area contributed by atoms with Crippen LogP contribution >= 0.6 is 0 Å². The van der Waals surface area contributed by atoms with E-state index in [0.717, 1.165) is 0 Å². The van der Waals surface area contributed by atoms with Gasteiger partial charge in [0.25, 0.3) is 0 Å². The van der Waals surface area contributed by atoms with E-state index in [1.54, 1.807) is 0 Å². The molecular weight excluding hydrogens is 182 g/mol. The van der Waals surface area contributed by atoms with E-state index in [1.165, 1.54) is 6.92 Å². The quantitative estimate of drug-likeness (QED) is 0.440. The average molecular weight is 187 g/mol. The lowest BCUT2D eigenvalue weighted by Crippen LogP contribution is -2.39. The van der Waals surface area contributed by atoms with Crippen molar-refractivity contribution < 1.29 is 19.6 Å². The molecule has 8 nitrogen and oxygen atoms in total. The first kappa shape index (κ1) is 9.10. The van der Waals surface area contributed by atoms with Crippen LogP contribution in [0.25, 0.3) is 0 Å². The Labute approximate surface area is 71.6 Å². The molecule has 1 unspecified atom stereocenters. The molecule has 70 valence electrons. The maximum atomic E-state index is 11.0. The molecule has 0 saturated heterocycles. The molecule has 0 saturated carbocycles. The first-order chi connectivity index (χ1) is 5.95. The third kappa shape index (κ3) is 1.33. The second-order valence-electron chi connectivity index (χ2n) is 2.36. The van der Waals surface area contributed by atoms with Crippen LogP contribution in [-0.2, 0) is 4.79 Å². The Balaban J connectivity index is 2.99. The van der Waals surface area contributed by atoms with Gasteiger partial charge in [0.05, 0.1) is 0 Å². The zero-order valence-corrected chi connectivity index (χ0v) is 6.50. The van der Waals surface area contributed by atoms with Gasteiger partial charge in [-0.2, -0.15) is 5.10 Å². The summed E-state index contributed by atoms with van der Waals surface area (Å²) in [6.45, 7) is 1.23. The number of carbonyl (C=O) groups excluding carboxylic acids is 1. The molecule has 0 aliphatic carbocycles. The molecule has 1 aliphatic rings. The van der Waals surface area contributed by atoms with Gasteiger partial charge < -0.3 is 5.11 Å². The minimum Gasteiger partial charge on any atom is -0.463 e. The summed E-state index contributed by atoms with van der Waals surface area (Å²) in [5.74, 6) is -1.14. The van der Waals surface area contributed by atoms with Gasteiger partial charge in [-0.15, -0.1) is 5.01 Å². The van der Waals surface area contributed by atoms with Crippen molar-refractivity contribution in [2.75, 3.05) is 0 Å². The number of nitro groups is 1. The predicted molar refractivity (Wildman–Crippen MR) is 38.8 cm³/mol. The highest BCUT2D eigenvalue weighted by Crippen LogP contribution is 2.11. The predicted octanol–water partition coefficient (Wildman–Crippen LogP) is -0.472. The van der Waals surface area contributed by atoms with Crippen LogP contribution in [0.4, 0.5) is 4.79 Å². The van der Waals surface area contributed by atoms with Crippen molar-refractivity contribution in [1.82, 2.24) is 5.01 Å². The number of carboxylic acid groups (broad SMARTS) is 1. The van der Waals surface area contributed by atoms with Crippen LogP contribution in [-0.4, -0.2) is 38.8 Å². The molecule has 1 rings (SSSR count). The van der Waals surface area contributed by atoms with Crippen LogP contribution in [0.15, 0.2) is 5.10 Å². The topological polar surface area (TPSA) is 113 Å². The van der Waals surface area contributed by atoms with Crippen LogP contribution in [0.5, 0.6) is 0 Å². The summed E-state index contributed by atoms with van der Waals surface area (Å²) in [5.41, 5.74) is -0.127. The molecule has 0 radical (unpaired) electrons. The SMILES string of the molecule is CC1=NN(C(=O)O)C(=O)C1[N+](=O)[O-]. The summed E-state index contributed by atoms with van der Waals surface area (Å²) in [6, 6.07) is -1.66. The largest absolute Gasteiger partial charge is 0.463 e. The van der Waals surface area contributed by atoms with Crippen LogP contribution in [0.1, 0.15) is 6.92 Å². The second kappa shape index (κ2) is 2.81. The Morgan fingerprint density at radius 1 is 1.77 bits per heavy atom. The fourth-order valence-corrected chi connectivity index (χ4v) is 0.936. The van der Waals surface area contributed by atoms with E-state index < -0.39 is 23.0 Å². The smallest absolute Gasteiger partial charge is 0.435 e. The van der Waals surface area contributed by atoms with Crippen molar-refractivity contribution in [2.24, 2.45) is 5.10 Å². The highest BCUT2D eigenvalue weighted by molar-refractivity contribution is 6.13. The zero-order valence-electron chi connectivity index (χ0n) is 6.50. The highest BCUT2D eigenvalue weighted by atomic mass is 16.6. The number of carbonyl (C=O) groups is 2. The van der Waals surface area contributed by atoms with Crippen molar-refractivity contribution in [3.8, 4) is 0 Å². The molecule has 0 aromatic carbocycles. The molecular formula is C5H5N3O5. The number of nitrogens with zero attached hydrogens (tertiary/aromatic N) is 3. The molecule has 0 spiro atoms. The second-order valence-corrected chi connectivity index (χ2v) is 2.36. The Hall–Kier alpha value is -1.99. The fourth-order valence-electron chi connectivity index (χ4n) is 0.936. The summed E-state index contributed by atoms with van der Waals surface area (Å²) < 4.78 is 0. The fraction of sp³-hybridized carbons (Fsp3) is 0.400. The van der Waals surface area contributed by atoms with E-state index in [-0.39, 0.29) is 10.7 Å². The monoisotopic (exact) mass is 187 g/mol. The Kier molecular flexibility index (Phi) is 1.97. The van der Waals surface area contributed by atoms with E-state index in [1.807, 2.05) is 0 Å². The van der Waals surface area contributed by atoms with Crippen molar-refractivity contribution >= 4 is 17.7 Å².